The van der Waals surface area contributed by atoms with E-state index in [-0.39, 0.29) is 0 Å². The fourth-order valence-electron chi connectivity index (χ4n) is 1.68. The normalized spacial score (nSPS) is 10.6. The van der Waals surface area contributed by atoms with E-state index in [0.717, 1.165) is 31.0 Å². The number of nitrogens with one attached hydrogen (secondary N) is 1. The third-order valence-electron chi connectivity index (χ3n) is 2.67. The average molecular weight is 266 g/mol. The quantitative estimate of drug-likeness (QED) is 0.784. The molecule has 0 atom stereocenters. The summed E-state index contributed by atoms with van der Waals surface area (Å²) < 4.78 is 0. The molecule has 0 radical (unpaired) electrons. The van der Waals surface area contributed by atoms with Gasteiger partial charge in [-0.1, -0.05) is 23.7 Å². The molecule has 0 fully saturated rings. The summed E-state index contributed by atoms with van der Waals surface area (Å²) in [4.78, 5) is 0. The van der Waals surface area contributed by atoms with Crippen molar-refractivity contribution in [3.8, 4) is 0 Å². The summed E-state index contributed by atoms with van der Waals surface area (Å²) in [6.45, 7) is 2.07. The van der Waals surface area contributed by atoms with E-state index in [4.69, 9.17) is 11.6 Å². The maximum absolute atomic E-state index is 5.84. The molecular formula is C14H16ClNS. The second-order valence-corrected chi connectivity index (χ2v) is 5.22. The molecule has 1 nitrogen and oxygen atoms in total. The van der Waals surface area contributed by atoms with Crippen molar-refractivity contribution >= 4 is 22.9 Å². The lowest BCUT2D eigenvalue weighted by Crippen LogP contribution is -2.19. The summed E-state index contributed by atoms with van der Waals surface area (Å²) in [7, 11) is 0. The third-order valence-corrected chi connectivity index (χ3v) is 3.66. The van der Waals surface area contributed by atoms with Gasteiger partial charge >= 0.3 is 0 Å². The molecule has 1 N–H and O–H groups in total. The first-order chi connectivity index (χ1) is 8.34. The van der Waals surface area contributed by atoms with Crippen LogP contribution >= 0.6 is 22.9 Å². The van der Waals surface area contributed by atoms with Crippen molar-refractivity contribution < 1.29 is 0 Å². The van der Waals surface area contributed by atoms with Gasteiger partial charge in [-0.3, -0.25) is 0 Å². The van der Waals surface area contributed by atoms with Crippen LogP contribution in [0, 0.1) is 0 Å². The number of hydrogen-bond donors (Lipinski definition) is 1. The van der Waals surface area contributed by atoms with E-state index in [0.29, 0.717) is 0 Å². The summed E-state index contributed by atoms with van der Waals surface area (Å²) in [5.41, 5.74) is 2.76. The zero-order valence-corrected chi connectivity index (χ0v) is 11.2. The molecule has 0 unspecified atom stereocenters. The standard InChI is InChI=1S/C14H16ClNS/c15-14-3-1-12(2-4-14)5-8-16-9-6-13-7-10-17-11-13/h1-4,7,10-11,16H,5-6,8-9H2. The number of rotatable bonds is 6. The van der Waals surface area contributed by atoms with Crippen LogP contribution in [0.5, 0.6) is 0 Å². The minimum Gasteiger partial charge on any atom is -0.316 e. The van der Waals surface area contributed by atoms with E-state index in [1.165, 1.54) is 11.1 Å². The van der Waals surface area contributed by atoms with E-state index in [1.807, 2.05) is 12.1 Å². The van der Waals surface area contributed by atoms with Gasteiger partial charge in [0, 0.05) is 5.02 Å². The molecule has 0 amide bonds. The Hall–Kier alpha value is -0.830. The number of halogens is 1. The molecule has 0 aliphatic carbocycles. The first-order valence-corrected chi connectivity index (χ1v) is 7.13. The lowest BCUT2D eigenvalue weighted by molar-refractivity contribution is 0.682. The van der Waals surface area contributed by atoms with Gasteiger partial charge in [-0.15, -0.1) is 0 Å². The van der Waals surface area contributed by atoms with Gasteiger partial charge < -0.3 is 5.32 Å². The van der Waals surface area contributed by atoms with Crippen molar-refractivity contribution in [2.45, 2.75) is 12.8 Å². The number of benzene rings is 1. The Morgan fingerprint density at radius 1 is 0.941 bits per heavy atom. The zero-order chi connectivity index (χ0) is 11.9. The van der Waals surface area contributed by atoms with Crippen LogP contribution in [0.4, 0.5) is 0 Å². The van der Waals surface area contributed by atoms with Crippen LogP contribution in [0.2, 0.25) is 5.02 Å². The highest BCUT2D eigenvalue weighted by molar-refractivity contribution is 7.07. The molecular weight excluding hydrogens is 250 g/mol. The van der Waals surface area contributed by atoms with Crippen molar-refractivity contribution in [3.05, 3.63) is 57.2 Å². The first kappa shape index (κ1) is 12.6. The first-order valence-electron chi connectivity index (χ1n) is 5.81. The number of thiophene rings is 1. The van der Waals surface area contributed by atoms with Gasteiger partial charge in [0.1, 0.15) is 0 Å². The van der Waals surface area contributed by atoms with Gasteiger partial charge in [0.25, 0.3) is 0 Å². The molecule has 17 heavy (non-hydrogen) atoms. The molecule has 0 aliphatic rings. The molecule has 1 heterocycles. The van der Waals surface area contributed by atoms with Crippen LogP contribution in [-0.4, -0.2) is 13.1 Å². The Morgan fingerprint density at radius 3 is 2.29 bits per heavy atom. The van der Waals surface area contributed by atoms with Gasteiger partial charge in [-0.25, -0.2) is 0 Å². The predicted molar refractivity (Wildman–Crippen MR) is 76.0 cm³/mol. The lowest BCUT2D eigenvalue weighted by Gasteiger charge is -2.04. The SMILES string of the molecule is Clc1ccc(CCNCCc2ccsc2)cc1. The smallest absolute Gasteiger partial charge is 0.0406 e. The van der Waals surface area contributed by atoms with Crippen molar-refractivity contribution in [1.29, 1.82) is 0 Å². The average Bonchev–Trinajstić information content (AvgIpc) is 2.84. The molecule has 0 bridgehead atoms. The van der Waals surface area contributed by atoms with Crippen molar-refractivity contribution in [2.24, 2.45) is 0 Å². The summed E-state index contributed by atoms with van der Waals surface area (Å²) in [5.74, 6) is 0. The van der Waals surface area contributed by atoms with Crippen LogP contribution in [0.1, 0.15) is 11.1 Å². The van der Waals surface area contributed by atoms with Crippen LogP contribution in [0.15, 0.2) is 41.1 Å². The van der Waals surface area contributed by atoms with Gasteiger partial charge in [-0.05, 0) is 66.0 Å². The van der Waals surface area contributed by atoms with Gasteiger partial charge in [-0.2, -0.15) is 11.3 Å². The molecule has 90 valence electrons. The maximum atomic E-state index is 5.84. The van der Waals surface area contributed by atoms with E-state index < -0.39 is 0 Å². The van der Waals surface area contributed by atoms with E-state index in [9.17, 15) is 0 Å². The van der Waals surface area contributed by atoms with Gasteiger partial charge in [0.2, 0.25) is 0 Å². The number of hydrogen-bond acceptors (Lipinski definition) is 2. The maximum Gasteiger partial charge on any atom is 0.0406 e. The molecule has 2 aromatic rings. The van der Waals surface area contributed by atoms with Crippen molar-refractivity contribution in [3.63, 3.8) is 0 Å². The highest BCUT2D eigenvalue weighted by atomic mass is 35.5. The summed E-state index contributed by atoms with van der Waals surface area (Å²) >= 11 is 7.60. The Morgan fingerprint density at radius 2 is 1.65 bits per heavy atom. The third kappa shape index (κ3) is 4.50. The van der Waals surface area contributed by atoms with Gasteiger partial charge in [0.15, 0.2) is 0 Å². The minimum absolute atomic E-state index is 0.805. The van der Waals surface area contributed by atoms with E-state index >= 15 is 0 Å². The Labute approximate surface area is 111 Å². The molecule has 0 spiro atoms. The van der Waals surface area contributed by atoms with Crippen LogP contribution < -0.4 is 5.32 Å². The Kier molecular flexibility index (Phi) is 5.05. The zero-order valence-electron chi connectivity index (χ0n) is 9.66. The molecule has 3 heteroatoms. The summed E-state index contributed by atoms with van der Waals surface area (Å²) in [6, 6.07) is 10.3. The van der Waals surface area contributed by atoms with Crippen molar-refractivity contribution in [1.82, 2.24) is 5.32 Å². The molecule has 0 aliphatic heterocycles. The van der Waals surface area contributed by atoms with E-state index in [2.05, 4.69) is 34.3 Å². The van der Waals surface area contributed by atoms with Crippen molar-refractivity contribution in [2.75, 3.05) is 13.1 Å². The molecule has 0 saturated heterocycles. The summed E-state index contributed by atoms with van der Waals surface area (Å²) in [5, 5.41) is 8.60. The second-order valence-electron chi connectivity index (χ2n) is 4.01. The van der Waals surface area contributed by atoms with E-state index in [1.54, 1.807) is 11.3 Å². The Balaban J connectivity index is 1.61. The minimum atomic E-state index is 0.805. The Bertz CT molecular complexity index is 422. The molecule has 1 aromatic carbocycles. The fourth-order valence-corrected chi connectivity index (χ4v) is 2.51. The highest BCUT2D eigenvalue weighted by Gasteiger charge is 1.95. The highest BCUT2D eigenvalue weighted by Crippen LogP contribution is 2.09. The largest absolute Gasteiger partial charge is 0.316 e. The van der Waals surface area contributed by atoms with Gasteiger partial charge in [0.05, 0.1) is 0 Å². The van der Waals surface area contributed by atoms with Crippen LogP contribution in [0.25, 0.3) is 0 Å². The topological polar surface area (TPSA) is 12.0 Å². The van der Waals surface area contributed by atoms with Crippen LogP contribution in [0.3, 0.4) is 0 Å². The van der Waals surface area contributed by atoms with Crippen LogP contribution in [-0.2, 0) is 12.8 Å². The lowest BCUT2D eigenvalue weighted by atomic mass is 10.1. The molecule has 1 aromatic heterocycles. The summed E-state index contributed by atoms with van der Waals surface area (Å²) in [6.07, 6.45) is 2.17. The predicted octanol–water partition coefficient (Wildman–Crippen LogP) is 3.78. The fraction of sp³-hybridized carbons (Fsp3) is 0.286. The molecule has 2 rings (SSSR count). The second kappa shape index (κ2) is 6.80. The molecule has 0 saturated carbocycles. The monoisotopic (exact) mass is 265 g/mol.